The summed E-state index contributed by atoms with van der Waals surface area (Å²) in [7, 11) is -4.55. The highest BCUT2D eigenvalue weighted by molar-refractivity contribution is 6.75. The monoisotopic (exact) mass is 876 g/mol. The summed E-state index contributed by atoms with van der Waals surface area (Å²) in [5, 5.41) is 32.7. The second-order valence-corrected chi connectivity index (χ2v) is 30.8. The van der Waals surface area contributed by atoms with E-state index in [-0.39, 0.29) is 23.8 Å². The van der Waals surface area contributed by atoms with E-state index in [0.717, 1.165) is 11.3 Å². The summed E-state index contributed by atoms with van der Waals surface area (Å²) in [4.78, 5) is 29.7. The van der Waals surface area contributed by atoms with Crippen molar-refractivity contribution in [3.63, 3.8) is 0 Å². The summed E-state index contributed by atoms with van der Waals surface area (Å²) in [6.07, 6.45) is -3.52. The van der Waals surface area contributed by atoms with Crippen LogP contribution in [0.25, 0.3) is 10.8 Å². The maximum Gasteiger partial charge on any atom is 0.471 e. The van der Waals surface area contributed by atoms with Gasteiger partial charge >= 0.3 is 8.56 Å². The zero-order valence-corrected chi connectivity index (χ0v) is 39.5. The van der Waals surface area contributed by atoms with Crippen LogP contribution < -0.4 is 13.6 Å². The van der Waals surface area contributed by atoms with E-state index < -0.39 is 93.5 Å². The lowest BCUT2D eigenvalue weighted by Gasteiger charge is -2.52. The highest BCUT2D eigenvalue weighted by Crippen LogP contribution is 2.80. The number of aliphatic hydroxyl groups is 3. The Kier molecular flexibility index (Phi) is 9.30. The average molecular weight is 877 g/mol. The summed E-state index contributed by atoms with van der Waals surface area (Å²) < 4.78 is 53.0. The minimum Gasteiger partial charge on any atom is -0.510 e. The van der Waals surface area contributed by atoms with E-state index >= 15 is 4.79 Å². The van der Waals surface area contributed by atoms with Crippen molar-refractivity contribution in [2.75, 3.05) is 13.7 Å². The summed E-state index contributed by atoms with van der Waals surface area (Å²) in [6.45, 7) is 24.3. The van der Waals surface area contributed by atoms with Gasteiger partial charge in [-0.05, 0) is 59.3 Å². The van der Waals surface area contributed by atoms with Crippen LogP contribution >= 0.6 is 0 Å². The van der Waals surface area contributed by atoms with E-state index in [4.69, 9.17) is 37.0 Å². The zero-order chi connectivity index (χ0) is 44.4. The average Bonchev–Trinajstić information content (AvgIpc) is 3.40. The fraction of sp³-hybridized carbons (Fsp3) is 0.609. The van der Waals surface area contributed by atoms with Gasteiger partial charge in [0.2, 0.25) is 23.0 Å². The molecule has 1 saturated carbocycles. The highest BCUT2D eigenvalue weighted by Gasteiger charge is 3.05. The number of ether oxygens (including phenoxy) is 5. The zero-order valence-electron chi connectivity index (χ0n) is 37.5. The largest absolute Gasteiger partial charge is 0.510 e. The molecule has 4 fully saturated rings. The fourth-order valence-electron chi connectivity index (χ4n) is 10.8. The standard InChI is InChI=1S/C46H60O13Si2/c1-23-18-26-27(20-47)32-28(53-22-24-14-16-25(52-11)17-15-24)19-29(56-60(12,13)41(2,3)4)35(49)34(32)37-33(26)36(57-61(58-37,42(5,6)7)43(8,9)10)31(23)38-39-40(50)44-45(51,59-44)30(21-48)46(44,54-38)55-39/h14-18,28-30,38-39,47-48,51H,19-22H2,1-13H3/t28-,29?,30?,38?,39?,44+,45?,46?/m0/s1. The molecule has 4 aliphatic heterocycles. The van der Waals surface area contributed by atoms with Crippen LogP contribution in [0.1, 0.15) is 119 Å². The van der Waals surface area contributed by atoms with E-state index in [9.17, 15) is 20.1 Å². The molecule has 13 nitrogen and oxygen atoms in total. The Balaban J connectivity index is 1.29. The van der Waals surface area contributed by atoms with Crippen molar-refractivity contribution in [3.8, 4) is 17.2 Å². The maximum absolute atomic E-state index is 15.5. The smallest absolute Gasteiger partial charge is 0.471 e. The number of Topliss-reactive ketones (excluding diaryl/α,β-unsaturated/α-hetero) is 2. The molecule has 6 aliphatic rings. The van der Waals surface area contributed by atoms with Gasteiger partial charge in [-0.15, -0.1) is 0 Å². The van der Waals surface area contributed by atoms with Gasteiger partial charge in [-0.1, -0.05) is 80.5 Å². The van der Waals surface area contributed by atoms with E-state index in [1.54, 1.807) is 7.11 Å². The Morgan fingerprint density at radius 2 is 1.51 bits per heavy atom. The van der Waals surface area contributed by atoms with Gasteiger partial charge in [0.15, 0.2) is 20.2 Å². The third-order valence-corrected chi connectivity index (χ3v) is 24.2. The second-order valence-electron chi connectivity index (χ2n) is 21.4. The van der Waals surface area contributed by atoms with Gasteiger partial charge in [-0.2, -0.15) is 0 Å². The van der Waals surface area contributed by atoms with Crippen LogP contribution in [0.5, 0.6) is 17.2 Å². The molecule has 3 saturated heterocycles. The van der Waals surface area contributed by atoms with Gasteiger partial charge in [-0.3, -0.25) is 9.59 Å². The van der Waals surface area contributed by atoms with Crippen LogP contribution in [0.2, 0.25) is 28.2 Å². The summed E-state index contributed by atoms with van der Waals surface area (Å²) >= 11 is 0. The van der Waals surface area contributed by atoms with Crippen LogP contribution in [-0.4, -0.2) is 86.9 Å². The van der Waals surface area contributed by atoms with Gasteiger partial charge < -0.3 is 52.3 Å². The number of rotatable bonds is 9. The molecular weight excluding hydrogens is 817 g/mol. The maximum atomic E-state index is 15.5. The van der Waals surface area contributed by atoms with Crippen LogP contribution in [0.3, 0.4) is 0 Å². The topological polar surface area (TPSA) is 172 Å². The Morgan fingerprint density at radius 3 is 2.08 bits per heavy atom. The molecule has 8 atom stereocenters. The minimum absolute atomic E-state index is 0.208. The number of epoxide rings is 1. The van der Waals surface area contributed by atoms with Crippen molar-refractivity contribution < 1.29 is 61.9 Å². The third kappa shape index (κ3) is 5.39. The number of benzene rings is 3. The molecular formula is C46H60O13Si2. The molecule has 0 amide bonds. The molecule has 3 N–H and O–H groups in total. The molecule has 2 spiro atoms. The number of carbonyl (C=O) groups is 2. The lowest BCUT2D eigenvalue weighted by Crippen LogP contribution is -2.72. The van der Waals surface area contributed by atoms with Crippen molar-refractivity contribution in [2.24, 2.45) is 5.92 Å². The number of fused-ring (bicyclic) bond motifs is 3. The number of aliphatic hydroxyl groups excluding tert-OH is 2. The SMILES string of the molecule is COc1ccc(CO[C@H]2CC(O[Si](C)(C)C(C)(C)C)C(=O)c3c2c(CO)c2cc(C)c(C4OC56OC4C(=O)[C@]54OC4(O)C6CO)c4c2c3O[Si](C(C)(C)C)(C(C)(C)C)O4)cc1. The molecule has 15 heteroatoms. The first-order valence-electron chi connectivity index (χ1n) is 21.3. The second kappa shape index (κ2) is 13.2. The number of hydrogen-bond acceptors (Lipinski definition) is 13. The summed E-state index contributed by atoms with van der Waals surface area (Å²) in [5.74, 6) is -3.79. The Bertz CT molecular complexity index is 2360. The van der Waals surface area contributed by atoms with E-state index in [0.29, 0.717) is 50.1 Å². The Hall–Kier alpha value is -3.23. The molecule has 4 heterocycles. The molecule has 9 rings (SSSR count). The minimum atomic E-state index is -3.62. The lowest BCUT2D eigenvalue weighted by atomic mass is 9.63. The molecule has 0 aromatic heterocycles. The van der Waals surface area contributed by atoms with Gasteiger partial charge in [-0.25, -0.2) is 0 Å². The van der Waals surface area contributed by atoms with Crippen molar-refractivity contribution >= 4 is 39.2 Å². The first-order valence-corrected chi connectivity index (χ1v) is 26.1. The first kappa shape index (κ1) is 43.0. The number of methoxy groups -OCH3 is 1. The Morgan fingerprint density at radius 1 is 0.885 bits per heavy atom. The van der Waals surface area contributed by atoms with Crippen molar-refractivity contribution in [1.82, 2.24) is 0 Å². The molecule has 6 unspecified atom stereocenters. The quantitative estimate of drug-likeness (QED) is 0.143. The lowest BCUT2D eigenvalue weighted by molar-refractivity contribution is -0.298. The number of ketones is 2. The van der Waals surface area contributed by atoms with Crippen molar-refractivity contribution in [3.05, 3.63) is 63.7 Å². The molecule has 3 aromatic carbocycles. The van der Waals surface area contributed by atoms with Crippen molar-refractivity contribution in [1.29, 1.82) is 0 Å². The van der Waals surface area contributed by atoms with Crippen LogP contribution in [-0.2, 0) is 41.4 Å². The van der Waals surface area contributed by atoms with Gasteiger partial charge in [0.1, 0.15) is 29.5 Å². The predicted molar refractivity (Wildman–Crippen MR) is 228 cm³/mol. The molecule has 2 bridgehead atoms. The molecule has 3 aromatic rings. The summed E-state index contributed by atoms with van der Waals surface area (Å²) in [6, 6.07) is 9.55. The molecule has 330 valence electrons. The van der Waals surface area contributed by atoms with Gasteiger partial charge in [0, 0.05) is 27.6 Å². The van der Waals surface area contributed by atoms with Gasteiger partial charge in [0.25, 0.3) is 0 Å². The van der Waals surface area contributed by atoms with Crippen molar-refractivity contribution in [2.45, 2.75) is 159 Å². The fourth-order valence-corrected chi connectivity index (χ4v) is 16.6. The summed E-state index contributed by atoms with van der Waals surface area (Å²) in [5.41, 5.74) is 1.80. The Labute approximate surface area is 359 Å². The number of hydrogen-bond donors (Lipinski definition) is 3. The van der Waals surface area contributed by atoms with Crippen LogP contribution in [0.15, 0.2) is 30.3 Å². The van der Waals surface area contributed by atoms with E-state index in [2.05, 4.69) is 75.4 Å². The molecule has 0 radical (unpaired) electrons. The van der Waals surface area contributed by atoms with E-state index in [1.165, 1.54) is 0 Å². The van der Waals surface area contributed by atoms with E-state index in [1.807, 2.05) is 37.3 Å². The first-order chi connectivity index (χ1) is 28.3. The molecule has 61 heavy (non-hydrogen) atoms. The van der Waals surface area contributed by atoms with Crippen LogP contribution in [0.4, 0.5) is 0 Å². The normalized spacial score (nSPS) is 32.2. The number of aryl methyl sites for hydroxylation is 1. The molecule has 2 aliphatic carbocycles. The predicted octanol–water partition coefficient (Wildman–Crippen LogP) is 7.51. The third-order valence-electron chi connectivity index (χ3n) is 14.8. The number of carbonyl (C=O) groups excluding carboxylic acids is 2. The van der Waals surface area contributed by atoms with Gasteiger partial charge in [0.05, 0.1) is 49.9 Å². The highest BCUT2D eigenvalue weighted by atomic mass is 28.4. The van der Waals surface area contributed by atoms with Crippen LogP contribution in [0, 0.1) is 12.8 Å².